The lowest BCUT2D eigenvalue weighted by molar-refractivity contribution is -0.125. The molecule has 0 saturated carbocycles. The third-order valence-corrected chi connectivity index (χ3v) is 6.49. The van der Waals surface area contributed by atoms with E-state index >= 15 is 0 Å². The first-order chi connectivity index (χ1) is 14.2. The Kier molecular flexibility index (Phi) is 6.67. The largest absolute Gasteiger partial charge is 0.376 e. The molecular weight excluding hydrogens is 384 g/mol. The highest BCUT2D eigenvalue weighted by molar-refractivity contribution is 7.99. The molecule has 0 radical (unpaired) electrons. The van der Waals surface area contributed by atoms with Crippen molar-refractivity contribution in [2.45, 2.75) is 48.6 Å². The average Bonchev–Trinajstić information content (AvgIpc) is 3.28. The van der Waals surface area contributed by atoms with Crippen molar-refractivity contribution in [3.63, 3.8) is 0 Å². The van der Waals surface area contributed by atoms with Crippen molar-refractivity contribution in [1.82, 2.24) is 15.3 Å². The summed E-state index contributed by atoms with van der Waals surface area (Å²) in [5, 5.41) is 3.98. The molecule has 4 rings (SSSR count). The number of amides is 1. The molecule has 1 N–H and O–H groups in total. The zero-order chi connectivity index (χ0) is 20.1. The molecular formula is C22H28N4O2S. The van der Waals surface area contributed by atoms with E-state index in [0.717, 1.165) is 54.6 Å². The second-order valence-corrected chi connectivity index (χ2v) is 8.83. The van der Waals surface area contributed by atoms with Crippen molar-refractivity contribution >= 4 is 23.5 Å². The van der Waals surface area contributed by atoms with E-state index in [4.69, 9.17) is 4.74 Å². The molecule has 0 bridgehead atoms. The molecule has 3 heterocycles. The van der Waals surface area contributed by atoms with Gasteiger partial charge in [0.2, 0.25) is 5.91 Å². The molecule has 29 heavy (non-hydrogen) atoms. The van der Waals surface area contributed by atoms with Gasteiger partial charge in [-0.3, -0.25) is 4.79 Å². The summed E-state index contributed by atoms with van der Waals surface area (Å²) in [6, 6.07) is 8.42. The summed E-state index contributed by atoms with van der Waals surface area (Å²) in [4.78, 5) is 25.2. The van der Waals surface area contributed by atoms with Gasteiger partial charge in [0.1, 0.15) is 5.03 Å². The number of rotatable bonds is 6. The van der Waals surface area contributed by atoms with E-state index in [0.29, 0.717) is 13.1 Å². The third-order valence-electron chi connectivity index (χ3n) is 5.50. The smallest absolute Gasteiger partial charge is 0.224 e. The van der Waals surface area contributed by atoms with Crippen LogP contribution in [0.3, 0.4) is 0 Å². The quantitative estimate of drug-likeness (QED) is 0.784. The lowest BCUT2D eigenvalue weighted by atomic mass is 9.97. The van der Waals surface area contributed by atoms with Crippen LogP contribution in [0.15, 0.2) is 46.6 Å². The normalized spacial score (nSPS) is 21.9. The number of anilines is 1. The molecule has 7 heteroatoms. The first-order valence-electron chi connectivity index (χ1n) is 10.4. The van der Waals surface area contributed by atoms with E-state index in [2.05, 4.69) is 51.4 Å². The van der Waals surface area contributed by atoms with Crippen LogP contribution in [0.25, 0.3) is 0 Å². The number of piperidine rings is 1. The Bertz CT molecular complexity index is 824. The van der Waals surface area contributed by atoms with E-state index in [-0.39, 0.29) is 17.9 Å². The number of nitrogens with zero attached hydrogens (tertiary/aromatic N) is 3. The minimum atomic E-state index is -0.0237. The van der Waals surface area contributed by atoms with E-state index in [9.17, 15) is 4.79 Å². The van der Waals surface area contributed by atoms with E-state index in [1.807, 2.05) is 0 Å². The molecule has 2 aliphatic rings. The number of benzene rings is 1. The second-order valence-electron chi connectivity index (χ2n) is 7.77. The lowest BCUT2D eigenvalue weighted by Gasteiger charge is -2.33. The fourth-order valence-corrected chi connectivity index (χ4v) is 4.75. The first kappa shape index (κ1) is 20.2. The van der Waals surface area contributed by atoms with Gasteiger partial charge in [-0.15, -0.1) is 0 Å². The van der Waals surface area contributed by atoms with Crippen LogP contribution in [0.4, 0.5) is 5.82 Å². The van der Waals surface area contributed by atoms with Crippen LogP contribution in [0.2, 0.25) is 0 Å². The predicted molar refractivity (Wildman–Crippen MR) is 114 cm³/mol. The molecule has 1 aromatic heterocycles. The number of nitrogens with one attached hydrogen (secondary N) is 1. The van der Waals surface area contributed by atoms with Gasteiger partial charge in [0.15, 0.2) is 5.82 Å². The summed E-state index contributed by atoms with van der Waals surface area (Å²) in [5.74, 6) is 0.973. The highest BCUT2D eigenvalue weighted by atomic mass is 32.2. The summed E-state index contributed by atoms with van der Waals surface area (Å²) >= 11 is 1.62. The third kappa shape index (κ3) is 5.28. The Morgan fingerprint density at radius 3 is 2.83 bits per heavy atom. The summed E-state index contributed by atoms with van der Waals surface area (Å²) in [5.41, 5.74) is 1.24. The minimum Gasteiger partial charge on any atom is -0.376 e. The van der Waals surface area contributed by atoms with Gasteiger partial charge in [-0.2, -0.15) is 0 Å². The van der Waals surface area contributed by atoms with Gasteiger partial charge in [0, 0.05) is 43.5 Å². The lowest BCUT2D eigenvalue weighted by Crippen LogP contribution is -2.45. The number of ether oxygens (including phenoxy) is 1. The Balaban J connectivity index is 1.41. The standard InChI is InChI=1S/C22H28N4O2S/c1-16-6-8-19(9-7-16)29-22-20(23-10-11-24-22)26-12-2-4-17(15-26)21(27)25-14-18-5-3-13-28-18/h6-11,17-18H,2-5,12-15H2,1H3,(H,25,27)/t17-,18-/m0/s1. The summed E-state index contributed by atoms with van der Waals surface area (Å²) in [6.07, 6.45) is 7.65. The maximum Gasteiger partial charge on any atom is 0.224 e. The molecule has 0 aliphatic carbocycles. The number of hydrogen-bond donors (Lipinski definition) is 1. The van der Waals surface area contributed by atoms with Gasteiger partial charge in [-0.05, 0) is 44.7 Å². The molecule has 6 nitrogen and oxygen atoms in total. The Hall–Kier alpha value is -2.12. The van der Waals surface area contributed by atoms with Crippen LogP contribution >= 0.6 is 11.8 Å². The summed E-state index contributed by atoms with van der Waals surface area (Å²) in [6.45, 7) is 5.09. The van der Waals surface area contributed by atoms with E-state index < -0.39 is 0 Å². The molecule has 0 spiro atoms. The van der Waals surface area contributed by atoms with Gasteiger partial charge < -0.3 is 15.0 Å². The molecule has 2 fully saturated rings. The SMILES string of the molecule is Cc1ccc(Sc2nccnc2N2CCC[C@H](C(=O)NC[C@@H]3CCCO3)C2)cc1. The van der Waals surface area contributed by atoms with Gasteiger partial charge in [-0.25, -0.2) is 9.97 Å². The van der Waals surface area contributed by atoms with Gasteiger partial charge >= 0.3 is 0 Å². The van der Waals surface area contributed by atoms with E-state index in [1.54, 1.807) is 24.2 Å². The van der Waals surface area contributed by atoms with Gasteiger partial charge in [-0.1, -0.05) is 29.5 Å². The van der Waals surface area contributed by atoms with Crippen LogP contribution in [0.5, 0.6) is 0 Å². The van der Waals surface area contributed by atoms with Crippen molar-refractivity contribution in [2.24, 2.45) is 5.92 Å². The van der Waals surface area contributed by atoms with Crippen LogP contribution < -0.4 is 10.2 Å². The number of aromatic nitrogens is 2. The molecule has 2 saturated heterocycles. The Labute approximate surface area is 176 Å². The molecule has 1 amide bonds. The van der Waals surface area contributed by atoms with Crippen molar-refractivity contribution in [1.29, 1.82) is 0 Å². The van der Waals surface area contributed by atoms with Gasteiger partial charge in [0.25, 0.3) is 0 Å². The Morgan fingerprint density at radius 1 is 1.21 bits per heavy atom. The number of carbonyl (C=O) groups is 1. The highest BCUT2D eigenvalue weighted by Gasteiger charge is 2.28. The van der Waals surface area contributed by atoms with Crippen LogP contribution in [-0.4, -0.2) is 48.2 Å². The topological polar surface area (TPSA) is 67.4 Å². The van der Waals surface area contributed by atoms with Crippen LogP contribution in [-0.2, 0) is 9.53 Å². The number of carbonyl (C=O) groups excluding carboxylic acids is 1. The van der Waals surface area contributed by atoms with E-state index in [1.165, 1.54) is 5.56 Å². The molecule has 0 unspecified atom stereocenters. The number of hydrogen-bond acceptors (Lipinski definition) is 6. The Morgan fingerprint density at radius 2 is 2.03 bits per heavy atom. The number of aryl methyl sites for hydroxylation is 1. The monoisotopic (exact) mass is 412 g/mol. The molecule has 2 atom stereocenters. The molecule has 154 valence electrons. The fourth-order valence-electron chi connectivity index (χ4n) is 3.87. The summed E-state index contributed by atoms with van der Waals surface area (Å²) < 4.78 is 5.61. The first-order valence-corrected chi connectivity index (χ1v) is 11.2. The maximum atomic E-state index is 12.7. The molecule has 2 aliphatic heterocycles. The summed E-state index contributed by atoms with van der Waals surface area (Å²) in [7, 11) is 0. The predicted octanol–water partition coefficient (Wildman–Crippen LogP) is 3.45. The molecule has 1 aromatic carbocycles. The zero-order valence-electron chi connectivity index (χ0n) is 16.8. The van der Waals surface area contributed by atoms with Crippen LogP contribution in [0, 0.1) is 12.8 Å². The molecule has 2 aromatic rings. The maximum absolute atomic E-state index is 12.7. The highest BCUT2D eigenvalue weighted by Crippen LogP contribution is 2.34. The van der Waals surface area contributed by atoms with Crippen molar-refractivity contribution < 1.29 is 9.53 Å². The zero-order valence-corrected chi connectivity index (χ0v) is 17.7. The minimum absolute atomic E-state index is 0.0237. The van der Waals surface area contributed by atoms with Crippen molar-refractivity contribution in [3.8, 4) is 0 Å². The van der Waals surface area contributed by atoms with Gasteiger partial charge in [0.05, 0.1) is 12.0 Å². The van der Waals surface area contributed by atoms with Crippen molar-refractivity contribution in [2.75, 3.05) is 31.1 Å². The van der Waals surface area contributed by atoms with Crippen LogP contribution in [0.1, 0.15) is 31.2 Å². The van der Waals surface area contributed by atoms with Crippen molar-refractivity contribution in [3.05, 3.63) is 42.2 Å². The second kappa shape index (κ2) is 9.59. The fraction of sp³-hybridized carbons (Fsp3) is 0.500. The average molecular weight is 413 g/mol.